The summed E-state index contributed by atoms with van der Waals surface area (Å²) in [7, 11) is 1.85. The predicted molar refractivity (Wildman–Crippen MR) is 142 cm³/mol. The Morgan fingerprint density at radius 1 is 0.370 bits per heavy atom. The first-order valence-electron chi connectivity index (χ1n) is 13.6. The van der Waals surface area contributed by atoms with Gasteiger partial charge in [-0.3, -0.25) is 0 Å². The highest BCUT2D eigenvalue weighted by Gasteiger charge is 2.52. The molecule has 0 amide bonds. The molecule has 0 N–H and O–H groups in total. The molecular formula is C31H7BF20N2. The minimum absolute atomic E-state index is 0.678. The first-order valence-corrected chi connectivity index (χ1v) is 13.6. The van der Waals surface area contributed by atoms with Crippen LogP contribution < -0.4 is 26.4 Å². The molecular weight excluding hydrogens is 791 g/mol. The maximum atomic E-state index is 15.4. The average molecular weight is 798 g/mol. The molecule has 0 saturated heterocycles. The van der Waals surface area contributed by atoms with Crippen LogP contribution in [0.3, 0.4) is 0 Å². The van der Waals surface area contributed by atoms with Crippen molar-refractivity contribution in [3.05, 3.63) is 146 Å². The van der Waals surface area contributed by atoms with Crippen molar-refractivity contribution in [3.63, 3.8) is 0 Å². The Bertz CT molecular complexity index is 2050. The van der Waals surface area contributed by atoms with Crippen LogP contribution in [0.25, 0.3) is 0 Å². The standard InChI is InChI=1S/C24BF20.C7H7N2/c26-5-1(6(27)14(35)21(42)13(5)34)25(2-7(28)15(36)22(43)16(37)8(2)29,3-9(30)17(38)23(44)18(39)10(3)31)4-11(32)19(40)24(45)20(41)12(4)33;1-9-5-3-2-4-7(9)6-8/h;2-5H,1H3/q-1;+1. The zero-order valence-corrected chi connectivity index (χ0v) is 25.3. The number of pyridine rings is 1. The summed E-state index contributed by atoms with van der Waals surface area (Å²) in [6.45, 7) is 0. The lowest BCUT2D eigenvalue weighted by molar-refractivity contribution is -0.674. The number of hydrogen-bond acceptors (Lipinski definition) is 1. The van der Waals surface area contributed by atoms with Gasteiger partial charge in [-0.2, -0.15) is 9.83 Å². The van der Waals surface area contributed by atoms with E-state index in [1.807, 2.05) is 25.4 Å². The zero-order chi connectivity index (χ0) is 41.0. The predicted octanol–water partition coefficient (Wildman–Crippen LogP) is 6.23. The van der Waals surface area contributed by atoms with Gasteiger partial charge in [0.1, 0.15) is 59.7 Å². The molecule has 1 heterocycles. The van der Waals surface area contributed by atoms with Crippen molar-refractivity contribution in [1.82, 2.24) is 0 Å². The van der Waals surface area contributed by atoms with Crippen molar-refractivity contribution in [1.29, 1.82) is 5.26 Å². The Hall–Kier alpha value is -5.82. The lowest BCUT2D eigenvalue weighted by atomic mass is 9.12. The van der Waals surface area contributed by atoms with Crippen molar-refractivity contribution in [2.24, 2.45) is 7.05 Å². The molecule has 0 bridgehead atoms. The third-order valence-electron chi connectivity index (χ3n) is 7.88. The van der Waals surface area contributed by atoms with Crippen molar-refractivity contribution < 1.29 is 92.4 Å². The summed E-state index contributed by atoms with van der Waals surface area (Å²) in [6.07, 6.45) is -5.37. The van der Waals surface area contributed by atoms with Crippen molar-refractivity contribution in [2.75, 3.05) is 0 Å². The highest BCUT2D eigenvalue weighted by Crippen LogP contribution is 2.30. The van der Waals surface area contributed by atoms with Crippen LogP contribution in [0.4, 0.5) is 87.8 Å². The highest BCUT2D eigenvalue weighted by molar-refractivity contribution is 7.20. The molecule has 0 aliphatic carbocycles. The van der Waals surface area contributed by atoms with Gasteiger partial charge in [0, 0.05) is 12.1 Å². The van der Waals surface area contributed by atoms with Crippen LogP contribution in [-0.2, 0) is 7.05 Å². The normalized spacial score (nSPS) is 11.4. The van der Waals surface area contributed by atoms with E-state index in [2.05, 4.69) is 6.07 Å². The van der Waals surface area contributed by atoms with Gasteiger partial charge in [0.2, 0.25) is 0 Å². The lowest BCUT2D eigenvalue weighted by Crippen LogP contribution is -2.81. The molecule has 0 unspecified atom stereocenters. The van der Waals surface area contributed by atoms with Gasteiger partial charge in [0.25, 0.3) is 5.69 Å². The average Bonchev–Trinajstić information content (AvgIpc) is 3.15. The monoisotopic (exact) mass is 798 g/mol. The molecule has 0 radical (unpaired) electrons. The first-order chi connectivity index (χ1) is 25.0. The van der Waals surface area contributed by atoms with E-state index >= 15 is 35.1 Å². The Balaban J connectivity index is 0.000000631. The quantitative estimate of drug-likeness (QED) is 0.0698. The number of benzene rings is 4. The number of hydrogen-bond donors (Lipinski definition) is 0. The van der Waals surface area contributed by atoms with Crippen molar-refractivity contribution >= 4 is 28.0 Å². The van der Waals surface area contributed by atoms with Crippen LogP contribution in [0, 0.1) is 128 Å². The minimum atomic E-state index is -7.22. The molecule has 0 saturated carbocycles. The van der Waals surface area contributed by atoms with Crippen molar-refractivity contribution in [3.8, 4) is 6.07 Å². The van der Waals surface area contributed by atoms with E-state index in [4.69, 9.17) is 5.26 Å². The van der Waals surface area contributed by atoms with Gasteiger partial charge < -0.3 is 0 Å². The van der Waals surface area contributed by atoms with Crippen molar-refractivity contribution in [2.45, 2.75) is 0 Å². The molecule has 5 aromatic rings. The molecule has 54 heavy (non-hydrogen) atoms. The molecule has 23 heteroatoms. The van der Waals surface area contributed by atoms with Crippen LogP contribution in [0.2, 0.25) is 0 Å². The van der Waals surface area contributed by atoms with Gasteiger partial charge in [0.05, 0.1) is 0 Å². The largest absolute Gasteiger partial charge is 0.283 e. The number of aryl methyl sites for hydroxylation is 1. The van der Waals surface area contributed by atoms with Gasteiger partial charge >= 0.3 is 0 Å². The molecule has 2 nitrogen and oxygen atoms in total. The van der Waals surface area contributed by atoms with Crippen LogP contribution in [0.15, 0.2) is 24.4 Å². The van der Waals surface area contributed by atoms with Crippen LogP contribution in [-0.4, -0.2) is 6.15 Å². The van der Waals surface area contributed by atoms with Gasteiger partial charge in [-0.15, -0.1) is 21.9 Å². The summed E-state index contributed by atoms with van der Waals surface area (Å²) in [4.78, 5) is 0. The summed E-state index contributed by atoms with van der Waals surface area (Å²) in [5, 5.41) is 8.45. The van der Waals surface area contributed by atoms with E-state index in [1.54, 1.807) is 10.6 Å². The van der Waals surface area contributed by atoms with Gasteiger partial charge in [-0.25, -0.2) is 87.8 Å². The summed E-state index contributed by atoms with van der Waals surface area (Å²) < 4.78 is 296. The minimum Gasteiger partial charge on any atom is -0.207 e. The Morgan fingerprint density at radius 3 is 0.741 bits per heavy atom. The van der Waals surface area contributed by atoms with E-state index in [9.17, 15) is 52.7 Å². The van der Waals surface area contributed by atoms with Crippen LogP contribution >= 0.6 is 0 Å². The van der Waals surface area contributed by atoms with E-state index < -0.39 is 144 Å². The summed E-state index contributed by atoms with van der Waals surface area (Å²) in [6, 6.07) is 7.57. The third kappa shape index (κ3) is 5.83. The molecule has 284 valence electrons. The molecule has 1 aromatic heterocycles. The fraction of sp³-hybridized carbons (Fsp3) is 0.0323. The fourth-order valence-electron chi connectivity index (χ4n) is 5.51. The number of aromatic nitrogens is 1. The summed E-state index contributed by atoms with van der Waals surface area (Å²) >= 11 is 0. The lowest BCUT2D eigenvalue weighted by Gasteiger charge is -2.44. The van der Waals surface area contributed by atoms with E-state index in [0.717, 1.165) is 0 Å². The molecule has 4 aromatic carbocycles. The molecule has 0 aliphatic rings. The fourth-order valence-corrected chi connectivity index (χ4v) is 5.51. The second-order valence-electron chi connectivity index (χ2n) is 10.6. The summed E-state index contributed by atoms with van der Waals surface area (Å²) in [5.41, 5.74) is -13.7. The van der Waals surface area contributed by atoms with E-state index in [1.165, 1.54) is 0 Å². The maximum absolute atomic E-state index is 15.4. The summed E-state index contributed by atoms with van der Waals surface area (Å²) in [5.74, 6) is -71.4. The second-order valence-corrected chi connectivity index (χ2v) is 10.6. The number of nitriles is 1. The Labute approximate surface area is 285 Å². The Morgan fingerprint density at radius 2 is 0.574 bits per heavy atom. The second kappa shape index (κ2) is 14.5. The Kier molecular flexibility index (Phi) is 11.0. The topological polar surface area (TPSA) is 27.7 Å². The number of nitrogens with zero attached hydrogens (tertiary/aromatic N) is 2. The number of rotatable bonds is 4. The van der Waals surface area contributed by atoms with Gasteiger partial charge in [0.15, 0.2) is 82.1 Å². The van der Waals surface area contributed by atoms with Gasteiger partial charge in [-0.05, 0) is 6.07 Å². The van der Waals surface area contributed by atoms with E-state index in [-0.39, 0.29) is 0 Å². The SMILES string of the molecule is C[n+]1ccccc1C#N.Fc1c(F)c(F)c([B-](c2c(F)c(F)c(F)c(F)c2F)(c2c(F)c(F)c(F)c(F)c2F)c2c(F)c(F)c(F)c(F)c2F)c(F)c1F. The number of halogens is 20. The molecule has 0 aliphatic heterocycles. The molecule has 5 rings (SSSR count). The van der Waals surface area contributed by atoms with E-state index in [0.29, 0.717) is 5.69 Å². The highest BCUT2D eigenvalue weighted by atomic mass is 19.2. The maximum Gasteiger partial charge on any atom is 0.283 e. The van der Waals surface area contributed by atoms with Crippen LogP contribution in [0.1, 0.15) is 5.69 Å². The smallest absolute Gasteiger partial charge is 0.207 e. The van der Waals surface area contributed by atoms with Crippen LogP contribution in [0.5, 0.6) is 0 Å². The molecule has 0 atom stereocenters. The third-order valence-corrected chi connectivity index (χ3v) is 7.88. The van der Waals surface area contributed by atoms with Gasteiger partial charge in [-0.1, -0.05) is 0 Å². The molecule has 0 fully saturated rings. The zero-order valence-electron chi connectivity index (χ0n) is 25.3. The first kappa shape index (κ1) is 40.9. The molecule has 0 spiro atoms.